The van der Waals surface area contributed by atoms with E-state index in [4.69, 9.17) is 13.6 Å². The monoisotopic (exact) mass is 496 g/mol. The molecular formula is C22H13BrN2O7. The number of benzene rings is 2. The first-order valence-electron chi connectivity index (χ1n) is 9.41. The lowest BCUT2D eigenvalue weighted by atomic mass is 9.87. The fourth-order valence-corrected chi connectivity index (χ4v) is 4.27. The number of ether oxygens (including phenoxy) is 1. The van der Waals surface area contributed by atoms with Crippen molar-refractivity contribution < 1.29 is 18.5 Å². The normalized spacial score (nSPS) is 15.5. The van der Waals surface area contributed by atoms with Crippen molar-refractivity contribution in [1.82, 2.24) is 5.32 Å². The third kappa shape index (κ3) is 2.91. The summed E-state index contributed by atoms with van der Waals surface area (Å²) in [4.78, 5) is 37.8. The first-order chi connectivity index (χ1) is 15.4. The van der Waals surface area contributed by atoms with E-state index in [0.717, 1.165) is 6.26 Å². The minimum Gasteiger partial charge on any atom is -0.464 e. The Labute approximate surface area is 187 Å². The SMILES string of the molecule is CNC1=C([N+](=O)[O-])[C@H](c2coc3ccc(Br)cc3c2=O)c2c(c3ccccc3oc2=O)O1. The van der Waals surface area contributed by atoms with Gasteiger partial charge >= 0.3 is 11.3 Å². The summed E-state index contributed by atoms with van der Waals surface area (Å²) in [7, 11) is 1.45. The third-order valence-electron chi connectivity index (χ3n) is 5.29. The van der Waals surface area contributed by atoms with Crippen LogP contribution in [0.4, 0.5) is 0 Å². The Balaban J connectivity index is 1.92. The van der Waals surface area contributed by atoms with Gasteiger partial charge in [0.05, 0.1) is 33.1 Å². The maximum Gasteiger partial charge on any atom is 0.344 e. The Hall–Kier alpha value is -3.92. The molecule has 0 saturated heterocycles. The maximum atomic E-state index is 13.4. The number of allylic oxidation sites excluding steroid dienone is 1. The molecule has 0 unspecified atom stereocenters. The van der Waals surface area contributed by atoms with Crippen LogP contribution >= 0.6 is 15.9 Å². The lowest BCUT2D eigenvalue weighted by molar-refractivity contribution is -0.433. The zero-order valence-electron chi connectivity index (χ0n) is 16.4. The van der Waals surface area contributed by atoms with Gasteiger partial charge < -0.3 is 18.9 Å². The average Bonchev–Trinajstić information content (AvgIpc) is 2.78. The first-order valence-corrected chi connectivity index (χ1v) is 10.2. The van der Waals surface area contributed by atoms with Crippen LogP contribution in [0.3, 0.4) is 0 Å². The summed E-state index contributed by atoms with van der Waals surface area (Å²) in [5, 5.41) is 15.4. The Morgan fingerprint density at radius 3 is 2.62 bits per heavy atom. The fraction of sp³-hybridized carbons (Fsp3) is 0.0909. The molecule has 1 N–H and O–H groups in total. The molecule has 9 nitrogen and oxygen atoms in total. The quantitative estimate of drug-likeness (QED) is 0.257. The molecule has 5 rings (SSSR count). The fourth-order valence-electron chi connectivity index (χ4n) is 3.90. The van der Waals surface area contributed by atoms with E-state index < -0.39 is 27.6 Å². The molecule has 1 aliphatic heterocycles. The second kappa shape index (κ2) is 7.34. The van der Waals surface area contributed by atoms with Crippen LogP contribution < -0.4 is 21.1 Å². The molecule has 0 saturated carbocycles. The van der Waals surface area contributed by atoms with Crippen molar-refractivity contribution in [3.63, 3.8) is 0 Å². The van der Waals surface area contributed by atoms with Crippen LogP contribution in [0, 0.1) is 10.1 Å². The lowest BCUT2D eigenvalue weighted by Gasteiger charge is -2.24. The molecule has 1 aliphatic rings. The molecule has 0 spiro atoms. The predicted molar refractivity (Wildman–Crippen MR) is 118 cm³/mol. The van der Waals surface area contributed by atoms with Gasteiger partial charge in [-0.25, -0.2) is 4.79 Å². The molecule has 0 fully saturated rings. The Morgan fingerprint density at radius 2 is 1.88 bits per heavy atom. The highest BCUT2D eigenvalue weighted by molar-refractivity contribution is 9.10. The zero-order valence-corrected chi connectivity index (χ0v) is 18.0. The van der Waals surface area contributed by atoms with Gasteiger partial charge in [0.15, 0.2) is 11.2 Å². The summed E-state index contributed by atoms with van der Waals surface area (Å²) in [6.07, 6.45) is 1.14. The summed E-state index contributed by atoms with van der Waals surface area (Å²) in [6.45, 7) is 0. The molecule has 32 heavy (non-hydrogen) atoms. The van der Waals surface area contributed by atoms with E-state index in [0.29, 0.717) is 15.4 Å². The summed E-state index contributed by atoms with van der Waals surface area (Å²) in [5.74, 6) is -1.47. The van der Waals surface area contributed by atoms with Crippen LogP contribution in [0.2, 0.25) is 0 Å². The second-order valence-corrected chi connectivity index (χ2v) is 7.96. The van der Waals surface area contributed by atoms with Gasteiger partial charge in [-0.2, -0.15) is 0 Å². The number of nitro groups is 1. The van der Waals surface area contributed by atoms with Gasteiger partial charge in [0, 0.05) is 11.5 Å². The molecule has 0 radical (unpaired) electrons. The molecular weight excluding hydrogens is 484 g/mol. The van der Waals surface area contributed by atoms with Crippen molar-refractivity contribution in [1.29, 1.82) is 0 Å². The molecule has 0 bridgehead atoms. The molecule has 0 aliphatic carbocycles. The van der Waals surface area contributed by atoms with Gasteiger partial charge in [-0.05, 0) is 30.3 Å². The molecule has 4 aromatic rings. The van der Waals surface area contributed by atoms with Crippen LogP contribution in [0.25, 0.3) is 21.9 Å². The van der Waals surface area contributed by atoms with E-state index in [1.165, 1.54) is 7.05 Å². The standard InChI is InChI=1S/C22H13BrN2O7/c1-24-21-18(25(28)29)16(13-9-30-14-7-6-10(23)8-12(14)19(13)26)17-20(32-21)11-4-2-3-5-15(11)31-22(17)27/h2-9,16,24H,1H3/t16-/m1/s1. The molecule has 160 valence electrons. The van der Waals surface area contributed by atoms with Crippen LogP contribution in [0.15, 0.2) is 83.2 Å². The molecule has 1 atom stereocenters. The average molecular weight is 497 g/mol. The van der Waals surface area contributed by atoms with Gasteiger partial charge in [0.2, 0.25) is 0 Å². The molecule has 2 aromatic heterocycles. The summed E-state index contributed by atoms with van der Waals surface area (Å²) in [6, 6.07) is 11.5. The molecule has 2 aromatic carbocycles. The number of para-hydroxylation sites is 1. The number of hydrogen-bond donors (Lipinski definition) is 1. The van der Waals surface area contributed by atoms with E-state index >= 15 is 0 Å². The number of fused-ring (bicyclic) bond motifs is 4. The van der Waals surface area contributed by atoms with E-state index in [1.807, 2.05) is 0 Å². The van der Waals surface area contributed by atoms with Crippen LogP contribution in [-0.2, 0) is 0 Å². The number of nitrogens with zero attached hydrogens (tertiary/aromatic N) is 1. The minimum absolute atomic E-state index is 0.0813. The van der Waals surface area contributed by atoms with Gasteiger partial charge in [-0.1, -0.05) is 28.1 Å². The smallest absolute Gasteiger partial charge is 0.344 e. The van der Waals surface area contributed by atoms with Crippen molar-refractivity contribution in [2.75, 3.05) is 7.05 Å². The summed E-state index contributed by atoms with van der Waals surface area (Å²) in [5.41, 5.74) is -1.51. The molecule has 10 heteroatoms. The summed E-state index contributed by atoms with van der Waals surface area (Å²) < 4.78 is 17.4. The van der Waals surface area contributed by atoms with Crippen molar-refractivity contribution in [2.24, 2.45) is 0 Å². The van der Waals surface area contributed by atoms with Crippen molar-refractivity contribution in [2.45, 2.75) is 5.92 Å². The number of halogens is 1. The highest BCUT2D eigenvalue weighted by atomic mass is 79.9. The van der Waals surface area contributed by atoms with E-state index in [-0.39, 0.29) is 33.7 Å². The zero-order chi connectivity index (χ0) is 22.6. The van der Waals surface area contributed by atoms with E-state index in [9.17, 15) is 19.7 Å². The molecule has 3 heterocycles. The van der Waals surface area contributed by atoms with Crippen molar-refractivity contribution >= 4 is 37.9 Å². The van der Waals surface area contributed by atoms with Crippen LogP contribution in [0.5, 0.6) is 5.75 Å². The Bertz CT molecular complexity index is 1590. The number of rotatable bonds is 3. The highest BCUT2D eigenvalue weighted by Crippen LogP contribution is 2.43. The highest BCUT2D eigenvalue weighted by Gasteiger charge is 2.44. The van der Waals surface area contributed by atoms with Crippen molar-refractivity contribution in [3.05, 3.63) is 107 Å². The Kier molecular flexibility index (Phi) is 4.59. The van der Waals surface area contributed by atoms with Gasteiger partial charge in [0.1, 0.15) is 17.1 Å². The van der Waals surface area contributed by atoms with Gasteiger partial charge in [-0.15, -0.1) is 0 Å². The minimum atomic E-state index is -1.38. The van der Waals surface area contributed by atoms with Crippen LogP contribution in [0.1, 0.15) is 17.0 Å². The Morgan fingerprint density at radius 1 is 1.09 bits per heavy atom. The maximum absolute atomic E-state index is 13.4. The topological polar surface area (TPSA) is 125 Å². The largest absolute Gasteiger partial charge is 0.464 e. The van der Waals surface area contributed by atoms with E-state index in [2.05, 4.69) is 21.2 Å². The van der Waals surface area contributed by atoms with Crippen LogP contribution in [-0.4, -0.2) is 12.0 Å². The second-order valence-electron chi connectivity index (χ2n) is 7.05. The lowest BCUT2D eigenvalue weighted by Crippen LogP contribution is -2.33. The van der Waals surface area contributed by atoms with Crippen molar-refractivity contribution in [3.8, 4) is 5.75 Å². The predicted octanol–water partition coefficient (Wildman–Crippen LogP) is 3.85. The van der Waals surface area contributed by atoms with Gasteiger partial charge in [0.25, 0.3) is 5.88 Å². The molecule has 0 amide bonds. The van der Waals surface area contributed by atoms with Gasteiger partial charge in [-0.3, -0.25) is 14.9 Å². The third-order valence-corrected chi connectivity index (χ3v) is 5.79. The summed E-state index contributed by atoms with van der Waals surface area (Å²) >= 11 is 3.31. The van der Waals surface area contributed by atoms with E-state index in [1.54, 1.807) is 42.5 Å². The number of nitrogens with one attached hydrogen (secondary N) is 1. The first kappa shape index (κ1) is 20.0. The number of hydrogen-bond acceptors (Lipinski definition) is 8.